The predicted molar refractivity (Wildman–Crippen MR) is 64.6 cm³/mol. The lowest BCUT2D eigenvalue weighted by Gasteiger charge is -2.16. The van der Waals surface area contributed by atoms with Gasteiger partial charge in [-0.1, -0.05) is 6.07 Å². The highest BCUT2D eigenvalue weighted by Gasteiger charge is 2.09. The number of anilines is 1. The molecule has 0 saturated heterocycles. The van der Waals surface area contributed by atoms with E-state index in [0.717, 1.165) is 31.4 Å². The summed E-state index contributed by atoms with van der Waals surface area (Å²) in [5.41, 5.74) is 9.60. The van der Waals surface area contributed by atoms with Crippen molar-refractivity contribution in [2.45, 2.75) is 25.3 Å². The SMILES string of the molecule is COCCCC(Cc1cccnc1N)NN. The van der Waals surface area contributed by atoms with Crippen LogP contribution in [-0.4, -0.2) is 24.7 Å². The summed E-state index contributed by atoms with van der Waals surface area (Å²) >= 11 is 0. The first-order valence-electron chi connectivity index (χ1n) is 5.42. The van der Waals surface area contributed by atoms with Crippen LogP contribution < -0.4 is 17.0 Å². The van der Waals surface area contributed by atoms with Crippen molar-refractivity contribution in [1.82, 2.24) is 10.4 Å². The highest BCUT2D eigenvalue weighted by Crippen LogP contribution is 2.12. The number of hydrogen-bond donors (Lipinski definition) is 3. The van der Waals surface area contributed by atoms with Gasteiger partial charge in [0.2, 0.25) is 0 Å². The maximum atomic E-state index is 5.77. The van der Waals surface area contributed by atoms with Crippen molar-refractivity contribution in [1.29, 1.82) is 0 Å². The van der Waals surface area contributed by atoms with Gasteiger partial charge in [0.05, 0.1) is 0 Å². The van der Waals surface area contributed by atoms with Crippen LogP contribution in [0.1, 0.15) is 18.4 Å². The molecule has 1 unspecified atom stereocenters. The first-order valence-corrected chi connectivity index (χ1v) is 5.42. The molecule has 0 spiro atoms. The average Bonchev–Trinajstić information content (AvgIpc) is 2.30. The molecule has 1 atom stereocenters. The van der Waals surface area contributed by atoms with Crippen LogP contribution in [0, 0.1) is 0 Å². The Labute approximate surface area is 96.2 Å². The zero-order valence-corrected chi connectivity index (χ0v) is 9.65. The van der Waals surface area contributed by atoms with Crippen molar-refractivity contribution in [3.8, 4) is 0 Å². The molecule has 5 heteroatoms. The van der Waals surface area contributed by atoms with Crippen molar-refractivity contribution in [3.05, 3.63) is 23.9 Å². The van der Waals surface area contributed by atoms with E-state index >= 15 is 0 Å². The number of ether oxygens (including phenoxy) is 1. The van der Waals surface area contributed by atoms with E-state index in [-0.39, 0.29) is 6.04 Å². The number of aromatic nitrogens is 1. The van der Waals surface area contributed by atoms with Gasteiger partial charge in [-0.3, -0.25) is 11.3 Å². The number of nitrogen functional groups attached to an aromatic ring is 1. The molecule has 0 aliphatic heterocycles. The predicted octanol–water partition coefficient (Wildman–Crippen LogP) is 0.465. The average molecular weight is 224 g/mol. The highest BCUT2D eigenvalue weighted by atomic mass is 16.5. The molecule has 0 aliphatic carbocycles. The van der Waals surface area contributed by atoms with E-state index in [9.17, 15) is 0 Å². The van der Waals surface area contributed by atoms with Gasteiger partial charge in [0.15, 0.2) is 0 Å². The molecule has 5 N–H and O–H groups in total. The lowest BCUT2D eigenvalue weighted by Crippen LogP contribution is -2.37. The summed E-state index contributed by atoms with van der Waals surface area (Å²) in [4.78, 5) is 4.05. The molecule has 90 valence electrons. The molecule has 0 fully saturated rings. The van der Waals surface area contributed by atoms with Crippen LogP contribution in [0.3, 0.4) is 0 Å². The first-order chi connectivity index (χ1) is 7.77. The van der Waals surface area contributed by atoms with Gasteiger partial charge < -0.3 is 10.5 Å². The second-order valence-corrected chi connectivity index (χ2v) is 3.75. The lowest BCUT2D eigenvalue weighted by atomic mass is 10.0. The van der Waals surface area contributed by atoms with Gasteiger partial charge in [-0.2, -0.15) is 0 Å². The fourth-order valence-electron chi connectivity index (χ4n) is 1.61. The van der Waals surface area contributed by atoms with E-state index in [1.165, 1.54) is 0 Å². The number of nitrogens with one attached hydrogen (secondary N) is 1. The Morgan fingerprint density at radius 1 is 1.56 bits per heavy atom. The summed E-state index contributed by atoms with van der Waals surface area (Å²) in [5, 5.41) is 0. The van der Waals surface area contributed by atoms with E-state index < -0.39 is 0 Å². The number of nitrogens with zero attached hydrogens (tertiary/aromatic N) is 1. The van der Waals surface area contributed by atoms with Crippen LogP contribution >= 0.6 is 0 Å². The number of nitrogens with two attached hydrogens (primary N) is 2. The minimum Gasteiger partial charge on any atom is -0.385 e. The van der Waals surface area contributed by atoms with Crippen LogP contribution in [0.4, 0.5) is 5.82 Å². The second-order valence-electron chi connectivity index (χ2n) is 3.75. The van der Waals surface area contributed by atoms with Gasteiger partial charge in [0, 0.05) is 26.0 Å². The molecule has 0 aliphatic rings. The molecule has 1 heterocycles. The largest absolute Gasteiger partial charge is 0.385 e. The smallest absolute Gasteiger partial charge is 0.126 e. The number of rotatable bonds is 7. The Morgan fingerprint density at radius 3 is 3.00 bits per heavy atom. The van der Waals surface area contributed by atoms with Crippen LogP contribution in [-0.2, 0) is 11.2 Å². The summed E-state index contributed by atoms with van der Waals surface area (Å²) in [5.74, 6) is 6.08. The zero-order valence-electron chi connectivity index (χ0n) is 9.65. The molecule has 1 aromatic rings. The Balaban J connectivity index is 2.46. The quantitative estimate of drug-likeness (QED) is 0.356. The normalized spacial score (nSPS) is 12.6. The van der Waals surface area contributed by atoms with Gasteiger partial charge in [-0.25, -0.2) is 4.98 Å². The number of hydrazine groups is 1. The van der Waals surface area contributed by atoms with Crippen LogP contribution in [0.2, 0.25) is 0 Å². The van der Waals surface area contributed by atoms with E-state index in [1.807, 2.05) is 12.1 Å². The summed E-state index contributed by atoms with van der Waals surface area (Å²) < 4.78 is 5.01. The van der Waals surface area contributed by atoms with Crippen molar-refractivity contribution in [2.75, 3.05) is 19.5 Å². The Hall–Kier alpha value is -1.17. The number of pyridine rings is 1. The highest BCUT2D eigenvalue weighted by molar-refractivity contribution is 5.38. The molecular weight excluding hydrogens is 204 g/mol. The Kier molecular flexibility index (Phi) is 5.77. The van der Waals surface area contributed by atoms with Crippen molar-refractivity contribution >= 4 is 5.82 Å². The van der Waals surface area contributed by atoms with E-state index in [0.29, 0.717) is 5.82 Å². The molecule has 0 bridgehead atoms. The van der Waals surface area contributed by atoms with E-state index in [2.05, 4.69) is 10.4 Å². The maximum absolute atomic E-state index is 5.77. The van der Waals surface area contributed by atoms with Crippen LogP contribution in [0.15, 0.2) is 18.3 Å². The zero-order chi connectivity index (χ0) is 11.8. The third kappa shape index (κ3) is 4.14. The molecule has 0 saturated carbocycles. The summed E-state index contributed by atoms with van der Waals surface area (Å²) in [6.07, 6.45) is 4.42. The summed E-state index contributed by atoms with van der Waals surface area (Å²) in [7, 11) is 1.70. The number of hydrogen-bond acceptors (Lipinski definition) is 5. The lowest BCUT2D eigenvalue weighted by molar-refractivity contribution is 0.188. The van der Waals surface area contributed by atoms with E-state index in [1.54, 1.807) is 13.3 Å². The van der Waals surface area contributed by atoms with Gasteiger partial charge in [-0.05, 0) is 30.9 Å². The van der Waals surface area contributed by atoms with E-state index in [4.69, 9.17) is 16.3 Å². The Morgan fingerprint density at radius 2 is 2.38 bits per heavy atom. The molecule has 1 aromatic heterocycles. The summed E-state index contributed by atoms with van der Waals surface area (Å²) in [6, 6.07) is 4.07. The van der Waals surface area contributed by atoms with Crippen LogP contribution in [0.5, 0.6) is 0 Å². The molecule has 0 amide bonds. The molecule has 1 rings (SSSR count). The number of methoxy groups -OCH3 is 1. The standard InChI is InChI=1S/C11H20N4O/c1-16-7-3-5-10(15-13)8-9-4-2-6-14-11(9)12/h2,4,6,10,15H,3,5,7-8,13H2,1H3,(H2,12,14). The van der Waals surface area contributed by atoms with Gasteiger partial charge in [0.25, 0.3) is 0 Å². The van der Waals surface area contributed by atoms with Gasteiger partial charge >= 0.3 is 0 Å². The Bertz CT molecular complexity index is 306. The van der Waals surface area contributed by atoms with Crippen molar-refractivity contribution in [3.63, 3.8) is 0 Å². The molecule has 0 radical (unpaired) electrons. The maximum Gasteiger partial charge on any atom is 0.126 e. The third-order valence-corrected chi connectivity index (χ3v) is 2.53. The third-order valence-electron chi connectivity index (χ3n) is 2.53. The molecule has 16 heavy (non-hydrogen) atoms. The summed E-state index contributed by atoms with van der Waals surface area (Å²) in [6.45, 7) is 0.751. The fraction of sp³-hybridized carbons (Fsp3) is 0.545. The minimum absolute atomic E-state index is 0.210. The minimum atomic E-state index is 0.210. The van der Waals surface area contributed by atoms with Crippen molar-refractivity contribution < 1.29 is 4.74 Å². The monoisotopic (exact) mass is 224 g/mol. The first kappa shape index (κ1) is 12.9. The second kappa shape index (κ2) is 7.16. The van der Waals surface area contributed by atoms with Crippen molar-refractivity contribution in [2.24, 2.45) is 5.84 Å². The van der Waals surface area contributed by atoms with Gasteiger partial charge in [0.1, 0.15) is 5.82 Å². The fourth-order valence-corrected chi connectivity index (χ4v) is 1.61. The van der Waals surface area contributed by atoms with Gasteiger partial charge in [-0.15, -0.1) is 0 Å². The topological polar surface area (TPSA) is 86.2 Å². The molecule has 0 aromatic carbocycles. The van der Waals surface area contributed by atoms with Crippen LogP contribution in [0.25, 0.3) is 0 Å². The molecule has 5 nitrogen and oxygen atoms in total. The molecular formula is C11H20N4O.